The number of carbonyl (C=O) groups is 2. The molecule has 2 amide bonds. The number of hydrogen-bond acceptors (Lipinski definition) is 4. The van der Waals surface area contributed by atoms with Gasteiger partial charge < -0.3 is 20.4 Å². The summed E-state index contributed by atoms with van der Waals surface area (Å²) < 4.78 is 5.23. The number of para-hydroxylation sites is 1. The summed E-state index contributed by atoms with van der Waals surface area (Å²) in [6.07, 6.45) is 4.90. The number of aromatic nitrogens is 2. The number of aromatic amines is 1. The number of ether oxygens (including phenoxy) is 1. The van der Waals surface area contributed by atoms with Crippen LogP contribution in [-0.2, 0) is 4.79 Å². The molecule has 2 heterocycles. The van der Waals surface area contributed by atoms with Crippen LogP contribution in [0.5, 0.6) is 5.75 Å². The van der Waals surface area contributed by atoms with Gasteiger partial charge in [-0.15, -0.1) is 0 Å². The van der Waals surface area contributed by atoms with Gasteiger partial charge in [-0.1, -0.05) is 12.1 Å². The van der Waals surface area contributed by atoms with E-state index < -0.39 is 0 Å². The van der Waals surface area contributed by atoms with Crippen molar-refractivity contribution in [3.05, 3.63) is 71.8 Å². The van der Waals surface area contributed by atoms with E-state index in [9.17, 15) is 9.59 Å². The number of hydrogen-bond donors (Lipinski definition) is 3. The van der Waals surface area contributed by atoms with Crippen molar-refractivity contribution < 1.29 is 14.3 Å². The number of fused-ring (bicyclic) bond motifs is 1. The van der Waals surface area contributed by atoms with Gasteiger partial charge in [-0.05, 0) is 36.4 Å². The van der Waals surface area contributed by atoms with Gasteiger partial charge in [-0.2, -0.15) is 0 Å². The molecule has 1 aliphatic rings. The SMILES string of the molecule is COc1ccccc1C(=O)Nc1ccc2c(c1)/C(=C/c1cnc[nH]1)C(=O)N2. The maximum Gasteiger partial charge on any atom is 0.259 e. The lowest BCUT2D eigenvalue weighted by Crippen LogP contribution is -2.13. The Bertz CT molecular complexity index is 1050. The average Bonchev–Trinajstić information content (AvgIpc) is 3.30. The molecular formula is C20H16N4O3. The molecule has 7 nitrogen and oxygen atoms in total. The van der Waals surface area contributed by atoms with Crippen LogP contribution in [-0.4, -0.2) is 28.9 Å². The van der Waals surface area contributed by atoms with Crippen molar-refractivity contribution >= 4 is 34.8 Å². The van der Waals surface area contributed by atoms with Gasteiger partial charge in [0.25, 0.3) is 11.8 Å². The molecule has 0 radical (unpaired) electrons. The average molecular weight is 360 g/mol. The molecule has 2 aromatic carbocycles. The Labute approximate surface area is 155 Å². The maximum atomic E-state index is 12.6. The summed E-state index contributed by atoms with van der Waals surface area (Å²) >= 11 is 0. The molecule has 0 fully saturated rings. The van der Waals surface area contributed by atoms with Gasteiger partial charge in [0.15, 0.2) is 0 Å². The fraction of sp³-hybridized carbons (Fsp3) is 0.0500. The summed E-state index contributed by atoms with van der Waals surface area (Å²) in [5.74, 6) is 0.00409. The van der Waals surface area contributed by atoms with E-state index in [1.54, 1.807) is 61.1 Å². The number of anilines is 2. The van der Waals surface area contributed by atoms with Crippen LogP contribution >= 0.6 is 0 Å². The minimum absolute atomic E-state index is 0.201. The predicted octanol–water partition coefficient (Wildman–Crippen LogP) is 3.16. The number of rotatable bonds is 4. The third-order valence-electron chi connectivity index (χ3n) is 4.23. The van der Waals surface area contributed by atoms with Crippen molar-refractivity contribution in [2.75, 3.05) is 17.7 Å². The van der Waals surface area contributed by atoms with E-state index >= 15 is 0 Å². The van der Waals surface area contributed by atoms with E-state index in [1.807, 2.05) is 0 Å². The van der Waals surface area contributed by atoms with Crippen LogP contribution in [0.3, 0.4) is 0 Å². The van der Waals surface area contributed by atoms with E-state index in [-0.39, 0.29) is 11.8 Å². The number of methoxy groups -OCH3 is 1. The van der Waals surface area contributed by atoms with Crippen LogP contribution < -0.4 is 15.4 Å². The van der Waals surface area contributed by atoms with E-state index in [0.29, 0.717) is 33.8 Å². The summed E-state index contributed by atoms with van der Waals surface area (Å²) in [4.78, 5) is 31.8. The molecule has 134 valence electrons. The molecule has 0 bridgehead atoms. The van der Waals surface area contributed by atoms with Crippen LogP contribution in [0.25, 0.3) is 11.6 Å². The molecule has 0 atom stereocenters. The second kappa shape index (κ2) is 6.80. The number of imidazole rings is 1. The lowest BCUT2D eigenvalue weighted by atomic mass is 10.1. The number of carbonyl (C=O) groups excluding carboxylic acids is 2. The van der Waals surface area contributed by atoms with Crippen LogP contribution in [0.2, 0.25) is 0 Å². The minimum atomic E-state index is -0.288. The maximum absolute atomic E-state index is 12.6. The first-order valence-corrected chi connectivity index (χ1v) is 8.26. The summed E-state index contributed by atoms with van der Waals surface area (Å²) in [6.45, 7) is 0. The molecular weight excluding hydrogens is 344 g/mol. The van der Waals surface area contributed by atoms with Gasteiger partial charge >= 0.3 is 0 Å². The summed E-state index contributed by atoms with van der Waals surface area (Å²) in [5.41, 5.74) is 3.65. The highest BCUT2D eigenvalue weighted by atomic mass is 16.5. The van der Waals surface area contributed by atoms with Gasteiger partial charge in [0.05, 0.1) is 36.5 Å². The third-order valence-corrected chi connectivity index (χ3v) is 4.23. The van der Waals surface area contributed by atoms with Crippen molar-refractivity contribution in [3.8, 4) is 5.75 Å². The highest BCUT2D eigenvalue weighted by molar-refractivity contribution is 6.35. The molecule has 3 N–H and O–H groups in total. The molecule has 1 aromatic heterocycles. The van der Waals surface area contributed by atoms with E-state index in [2.05, 4.69) is 20.6 Å². The number of amides is 2. The zero-order valence-electron chi connectivity index (χ0n) is 14.4. The minimum Gasteiger partial charge on any atom is -0.496 e. The zero-order chi connectivity index (χ0) is 18.8. The zero-order valence-corrected chi connectivity index (χ0v) is 14.4. The first-order chi connectivity index (χ1) is 13.2. The molecule has 1 aliphatic heterocycles. The number of nitrogens with one attached hydrogen (secondary N) is 3. The monoisotopic (exact) mass is 360 g/mol. The highest BCUT2D eigenvalue weighted by Crippen LogP contribution is 2.35. The summed E-state index contributed by atoms with van der Waals surface area (Å²) in [6, 6.07) is 12.3. The number of benzene rings is 2. The Balaban J connectivity index is 1.64. The van der Waals surface area contributed by atoms with Crippen LogP contribution in [0, 0.1) is 0 Å². The van der Waals surface area contributed by atoms with Crippen LogP contribution in [0.4, 0.5) is 11.4 Å². The molecule has 4 rings (SSSR count). The largest absolute Gasteiger partial charge is 0.496 e. The summed E-state index contributed by atoms with van der Waals surface area (Å²) in [7, 11) is 1.52. The first kappa shape index (κ1) is 16.6. The smallest absolute Gasteiger partial charge is 0.259 e. The standard InChI is InChI=1S/C20H16N4O3/c1-27-18-5-3-2-4-14(18)19(25)23-12-6-7-17-15(8-12)16(20(26)24-17)9-13-10-21-11-22-13/h2-11H,1H3,(H,21,22)(H,23,25)(H,24,26)/b16-9-. The molecule has 27 heavy (non-hydrogen) atoms. The molecule has 0 unspecified atom stereocenters. The van der Waals surface area contributed by atoms with Crippen molar-refractivity contribution in [1.29, 1.82) is 0 Å². The number of H-pyrrole nitrogens is 1. The van der Waals surface area contributed by atoms with Crippen LogP contribution in [0.1, 0.15) is 21.6 Å². The second-order valence-corrected chi connectivity index (χ2v) is 5.93. The van der Waals surface area contributed by atoms with Gasteiger partial charge in [-0.25, -0.2) is 4.98 Å². The van der Waals surface area contributed by atoms with Crippen molar-refractivity contribution in [2.24, 2.45) is 0 Å². The first-order valence-electron chi connectivity index (χ1n) is 8.26. The Hall–Kier alpha value is -3.87. The van der Waals surface area contributed by atoms with Gasteiger partial charge in [0.1, 0.15) is 5.75 Å². The fourth-order valence-corrected chi connectivity index (χ4v) is 2.94. The van der Waals surface area contributed by atoms with Gasteiger partial charge in [-0.3, -0.25) is 9.59 Å². The topological polar surface area (TPSA) is 96.1 Å². The normalized spacial score (nSPS) is 14.0. The molecule has 3 aromatic rings. The number of nitrogens with zero attached hydrogens (tertiary/aromatic N) is 1. The predicted molar refractivity (Wildman–Crippen MR) is 102 cm³/mol. The quantitative estimate of drug-likeness (QED) is 0.623. The van der Waals surface area contributed by atoms with Gasteiger partial charge in [0.2, 0.25) is 0 Å². The second-order valence-electron chi connectivity index (χ2n) is 5.93. The molecule has 0 saturated carbocycles. The Morgan fingerprint density at radius 2 is 2.07 bits per heavy atom. The lowest BCUT2D eigenvalue weighted by molar-refractivity contribution is -0.110. The van der Waals surface area contributed by atoms with Crippen molar-refractivity contribution in [1.82, 2.24) is 9.97 Å². The van der Waals surface area contributed by atoms with Crippen molar-refractivity contribution in [3.63, 3.8) is 0 Å². The van der Waals surface area contributed by atoms with E-state index in [4.69, 9.17) is 4.74 Å². The highest BCUT2D eigenvalue weighted by Gasteiger charge is 2.25. The Morgan fingerprint density at radius 3 is 2.85 bits per heavy atom. The lowest BCUT2D eigenvalue weighted by Gasteiger charge is -2.10. The Morgan fingerprint density at radius 1 is 1.22 bits per heavy atom. The van der Waals surface area contributed by atoms with Crippen molar-refractivity contribution in [2.45, 2.75) is 0 Å². The molecule has 0 saturated heterocycles. The molecule has 7 heteroatoms. The van der Waals surface area contributed by atoms with Gasteiger partial charge in [0, 0.05) is 16.9 Å². The van der Waals surface area contributed by atoms with E-state index in [1.165, 1.54) is 7.11 Å². The Kier molecular flexibility index (Phi) is 4.18. The molecule has 0 aliphatic carbocycles. The third kappa shape index (κ3) is 3.18. The fourth-order valence-electron chi connectivity index (χ4n) is 2.94. The van der Waals surface area contributed by atoms with E-state index in [0.717, 1.165) is 5.69 Å². The van der Waals surface area contributed by atoms with Crippen LogP contribution in [0.15, 0.2) is 55.0 Å². The molecule has 0 spiro atoms. The summed E-state index contributed by atoms with van der Waals surface area (Å²) in [5, 5.41) is 5.67.